The first-order chi connectivity index (χ1) is 10.1. The van der Waals surface area contributed by atoms with Crippen LogP contribution in [-0.2, 0) is 0 Å². The number of rotatable bonds is 7. The molecule has 0 saturated carbocycles. The van der Waals surface area contributed by atoms with E-state index in [0.29, 0.717) is 5.92 Å². The SMILES string of the molecule is CCN(C)CCNC(=NC)NCC(C)c1cccc(C)c1.I. The number of hydrogen-bond acceptors (Lipinski definition) is 2. The van der Waals surface area contributed by atoms with Crippen molar-refractivity contribution in [3.63, 3.8) is 0 Å². The lowest BCUT2D eigenvalue weighted by molar-refractivity contribution is 0.357. The number of nitrogens with zero attached hydrogens (tertiary/aromatic N) is 2. The van der Waals surface area contributed by atoms with Crippen molar-refractivity contribution in [2.75, 3.05) is 40.3 Å². The molecule has 1 rings (SSSR count). The highest BCUT2D eigenvalue weighted by atomic mass is 127. The maximum absolute atomic E-state index is 4.27. The minimum absolute atomic E-state index is 0. The molecule has 4 nitrogen and oxygen atoms in total. The number of halogens is 1. The average Bonchev–Trinajstić information content (AvgIpc) is 2.49. The lowest BCUT2D eigenvalue weighted by Crippen LogP contribution is -2.42. The molecule has 0 amide bonds. The zero-order valence-corrected chi connectivity index (χ0v) is 16.8. The van der Waals surface area contributed by atoms with Gasteiger partial charge in [-0.3, -0.25) is 4.99 Å². The fourth-order valence-electron chi connectivity index (χ4n) is 2.09. The van der Waals surface area contributed by atoms with Crippen LogP contribution in [0.15, 0.2) is 29.3 Å². The van der Waals surface area contributed by atoms with E-state index in [-0.39, 0.29) is 24.0 Å². The summed E-state index contributed by atoms with van der Waals surface area (Å²) in [4.78, 5) is 6.54. The lowest BCUT2D eigenvalue weighted by Gasteiger charge is -2.18. The highest BCUT2D eigenvalue weighted by Gasteiger charge is 2.06. The summed E-state index contributed by atoms with van der Waals surface area (Å²) in [5, 5.41) is 6.75. The Morgan fingerprint density at radius 2 is 2.05 bits per heavy atom. The molecule has 126 valence electrons. The van der Waals surface area contributed by atoms with Crippen LogP contribution in [0.1, 0.15) is 30.9 Å². The third-order valence-electron chi connectivity index (χ3n) is 3.74. The molecular weight excluding hydrogens is 387 g/mol. The quantitative estimate of drug-likeness (QED) is 0.407. The molecule has 0 spiro atoms. The van der Waals surface area contributed by atoms with Crippen LogP contribution in [0.5, 0.6) is 0 Å². The second-order valence-corrected chi connectivity index (χ2v) is 5.59. The van der Waals surface area contributed by atoms with E-state index in [2.05, 4.69) is 72.6 Å². The number of hydrogen-bond donors (Lipinski definition) is 2. The molecule has 0 saturated heterocycles. The summed E-state index contributed by atoms with van der Waals surface area (Å²) >= 11 is 0. The van der Waals surface area contributed by atoms with Gasteiger partial charge in [-0.15, -0.1) is 24.0 Å². The van der Waals surface area contributed by atoms with Crippen molar-refractivity contribution in [2.45, 2.75) is 26.7 Å². The molecule has 1 aromatic rings. The fraction of sp³-hybridized carbons (Fsp3) is 0.588. The molecular formula is C17H31IN4. The molecule has 0 aliphatic heterocycles. The Morgan fingerprint density at radius 1 is 1.32 bits per heavy atom. The van der Waals surface area contributed by atoms with Crippen LogP contribution >= 0.6 is 24.0 Å². The van der Waals surface area contributed by atoms with E-state index < -0.39 is 0 Å². The van der Waals surface area contributed by atoms with E-state index >= 15 is 0 Å². The molecule has 1 atom stereocenters. The number of nitrogens with one attached hydrogen (secondary N) is 2. The van der Waals surface area contributed by atoms with Crippen molar-refractivity contribution >= 4 is 29.9 Å². The maximum Gasteiger partial charge on any atom is 0.191 e. The van der Waals surface area contributed by atoms with Crippen LogP contribution < -0.4 is 10.6 Å². The van der Waals surface area contributed by atoms with E-state index in [1.165, 1.54) is 11.1 Å². The van der Waals surface area contributed by atoms with Gasteiger partial charge in [0.15, 0.2) is 5.96 Å². The van der Waals surface area contributed by atoms with Crippen LogP contribution in [0.4, 0.5) is 0 Å². The van der Waals surface area contributed by atoms with E-state index in [1.807, 2.05) is 7.05 Å². The zero-order chi connectivity index (χ0) is 15.7. The fourth-order valence-corrected chi connectivity index (χ4v) is 2.09. The zero-order valence-electron chi connectivity index (χ0n) is 14.5. The van der Waals surface area contributed by atoms with Crippen molar-refractivity contribution in [3.05, 3.63) is 35.4 Å². The molecule has 5 heteroatoms. The highest BCUT2D eigenvalue weighted by molar-refractivity contribution is 14.0. The standard InChI is InChI=1S/C17H30N4.HI/c1-6-21(5)11-10-19-17(18-4)20-13-15(3)16-9-7-8-14(2)12-16;/h7-9,12,15H,6,10-11,13H2,1-5H3,(H2,18,19,20);1H. The summed E-state index contributed by atoms with van der Waals surface area (Å²) < 4.78 is 0. The van der Waals surface area contributed by atoms with Gasteiger partial charge in [-0.2, -0.15) is 0 Å². The molecule has 2 N–H and O–H groups in total. The van der Waals surface area contributed by atoms with E-state index in [1.54, 1.807) is 0 Å². The lowest BCUT2D eigenvalue weighted by atomic mass is 9.99. The molecule has 0 fully saturated rings. The van der Waals surface area contributed by atoms with Crippen LogP contribution in [-0.4, -0.2) is 51.1 Å². The third kappa shape index (κ3) is 7.98. The summed E-state index contributed by atoms with van der Waals surface area (Å²) in [6, 6.07) is 8.69. The Kier molecular flexibility index (Phi) is 11.3. The summed E-state index contributed by atoms with van der Waals surface area (Å²) in [5.74, 6) is 1.33. The first-order valence-electron chi connectivity index (χ1n) is 7.76. The van der Waals surface area contributed by atoms with Crippen molar-refractivity contribution in [1.82, 2.24) is 15.5 Å². The van der Waals surface area contributed by atoms with Gasteiger partial charge >= 0.3 is 0 Å². The van der Waals surface area contributed by atoms with E-state index in [9.17, 15) is 0 Å². The van der Waals surface area contributed by atoms with Gasteiger partial charge in [0.1, 0.15) is 0 Å². The highest BCUT2D eigenvalue weighted by Crippen LogP contribution is 2.15. The van der Waals surface area contributed by atoms with Gasteiger partial charge < -0.3 is 15.5 Å². The predicted molar refractivity (Wildman–Crippen MR) is 108 cm³/mol. The van der Waals surface area contributed by atoms with E-state index in [0.717, 1.165) is 32.1 Å². The molecule has 0 aliphatic carbocycles. The smallest absolute Gasteiger partial charge is 0.191 e. The molecule has 0 aliphatic rings. The summed E-state index contributed by atoms with van der Waals surface area (Å²) in [6.45, 7) is 10.4. The number of aliphatic imine (C=N–C) groups is 1. The molecule has 0 heterocycles. The third-order valence-corrected chi connectivity index (χ3v) is 3.74. The number of guanidine groups is 1. The summed E-state index contributed by atoms with van der Waals surface area (Å²) in [6.07, 6.45) is 0. The van der Waals surface area contributed by atoms with E-state index in [4.69, 9.17) is 0 Å². The van der Waals surface area contributed by atoms with Crippen molar-refractivity contribution in [3.8, 4) is 0 Å². The topological polar surface area (TPSA) is 39.7 Å². The minimum atomic E-state index is 0. The first kappa shape index (κ1) is 21.2. The van der Waals surface area contributed by atoms with Crippen molar-refractivity contribution in [2.24, 2.45) is 4.99 Å². The Labute approximate surface area is 152 Å². The monoisotopic (exact) mass is 418 g/mol. The minimum Gasteiger partial charge on any atom is -0.356 e. The van der Waals surface area contributed by atoms with Crippen molar-refractivity contribution < 1.29 is 0 Å². The van der Waals surface area contributed by atoms with Gasteiger partial charge in [0.25, 0.3) is 0 Å². The van der Waals surface area contributed by atoms with Crippen LogP contribution in [0.25, 0.3) is 0 Å². The van der Waals surface area contributed by atoms with Crippen LogP contribution in [0, 0.1) is 6.92 Å². The molecule has 0 radical (unpaired) electrons. The van der Waals surface area contributed by atoms with Gasteiger partial charge in [0.2, 0.25) is 0 Å². The second-order valence-electron chi connectivity index (χ2n) is 5.59. The number of likely N-dealkylation sites (N-methyl/N-ethyl adjacent to an activating group) is 1. The second kappa shape index (κ2) is 11.7. The molecule has 1 unspecified atom stereocenters. The molecule has 0 aromatic heterocycles. The number of aryl methyl sites for hydroxylation is 1. The molecule has 1 aromatic carbocycles. The Hall–Kier alpha value is -0.820. The van der Waals surface area contributed by atoms with Gasteiger partial charge in [-0.05, 0) is 32.0 Å². The summed E-state index contributed by atoms with van der Waals surface area (Å²) in [7, 11) is 3.94. The van der Waals surface area contributed by atoms with Gasteiger partial charge in [-0.25, -0.2) is 0 Å². The normalized spacial score (nSPS) is 12.7. The average molecular weight is 418 g/mol. The Bertz CT molecular complexity index is 448. The molecule has 0 bridgehead atoms. The van der Waals surface area contributed by atoms with Gasteiger partial charge in [-0.1, -0.05) is 43.7 Å². The molecule has 22 heavy (non-hydrogen) atoms. The Morgan fingerprint density at radius 3 is 2.64 bits per heavy atom. The van der Waals surface area contributed by atoms with Crippen LogP contribution in [0.3, 0.4) is 0 Å². The number of benzene rings is 1. The largest absolute Gasteiger partial charge is 0.356 e. The van der Waals surface area contributed by atoms with Gasteiger partial charge in [0, 0.05) is 26.7 Å². The maximum atomic E-state index is 4.27. The first-order valence-corrected chi connectivity index (χ1v) is 7.76. The summed E-state index contributed by atoms with van der Waals surface area (Å²) in [5.41, 5.74) is 2.67. The predicted octanol–water partition coefficient (Wildman–Crippen LogP) is 2.83. The van der Waals surface area contributed by atoms with Crippen LogP contribution in [0.2, 0.25) is 0 Å². The Balaban J connectivity index is 0.00000441. The van der Waals surface area contributed by atoms with Gasteiger partial charge in [0.05, 0.1) is 0 Å². The van der Waals surface area contributed by atoms with Crippen molar-refractivity contribution in [1.29, 1.82) is 0 Å².